The topological polar surface area (TPSA) is 86.8 Å². The van der Waals surface area contributed by atoms with E-state index in [1.807, 2.05) is 0 Å². The van der Waals surface area contributed by atoms with Crippen LogP contribution in [0, 0.1) is 17.1 Å². The first-order valence-corrected chi connectivity index (χ1v) is 8.01. The van der Waals surface area contributed by atoms with Crippen molar-refractivity contribution in [2.24, 2.45) is 0 Å². The van der Waals surface area contributed by atoms with E-state index >= 15 is 0 Å². The van der Waals surface area contributed by atoms with Crippen LogP contribution < -0.4 is 5.32 Å². The Morgan fingerprint density at radius 2 is 1.96 bits per heavy atom. The lowest BCUT2D eigenvalue weighted by molar-refractivity contribution is -0.139. The minimum absolute atomic E-state index is 0.0360. The maximum Gasteiger partial charge on any atom is 0.416 e. The number of nitrogens with zero attached hydrogens (tertiary/aromatic N) is 4. The van der Waals surface area contributed by atoms with Crippen molar-refractivity contribution in [2.45, 2.75) is 12.4 Å². The van der Waals surface area contributed by atoms with Crippen LogP contribution in [-0.4, -0.2) is 19.9 Å². The molecule has 1 unspecified atom stereocenters. The van der Waals surface area contributed by atoms with Gasteiger partial charge in [0.1, 0.15) is 11.2 Å². The van der Waals surface area contributed by atoms with Gasteiger partial charge in [-0.25, -0.2) is 14.1 Å². The highest BCUT2D eigenvalue weighted by molar-refractivity contribution is 6.30. The molecule has 3 aromatic rings. The van der Waals surface area contributed by atoms with Gasteiger partial charge in [-0.2, -0.15) is 18.4 Å². The number of pyridine rings is 1. The first kappa shape index (κ1) is 19.6. The van der Waals surface area contributed by atoms with Gasteiger partial charge in [-0.15, -0.1) is 5.10 Å². The number of alkyl halides is 3. The van der Waals surface area contributed by atoms with Gasteiger partial charge in [0.2, 0.25) is 0 Å². The number of aliphatic hydroxyl groups is 1. The number of halogens is 5. The van der Waals surface area contributed by atoms with Crippen LogP contribution in [0.5, 0.6) is 0 Å². The van der Waals surface area contributed by atoms with E-state index in [4.69, 9.17) is 16.9 Å². The predicted molar refractivity (Wildman–Crippen MR) is 91.1 cm³/mol. The Balaban J connectivity index is 1.87. The largest absolute Gasteiger partial charge is 0.416 e. The summed E-state index contributed by atoms with van der Waals surface area (Å²) in [6.45, 7) is 0. The Bertz CT molecular complexity index is 1060. The Morgan fingerprint density at radius 3 is 2.64 bits per heavy atom. The Kier molecular flexibility index (Phi) is 5.22. The van der Waals surface area contributed by atoms with Crippen molar-refractivity contribution in [1.29, 1.82) is 5.26 Å². The molecule has 28 heavy (non-hydrogen) atoms. The van der Waals surface area contributed by atoms with Gasteiger partial charge in [-0.1, -0.05) is 29.8 Å². The minimum Gasteiger partial charge on any atom is -0.369 e. The van der Waals surface area contributed by atoms with Crippen molar-refractivity contribution < 1.29 is 22.7 Å². The molecule has 2 heterocycles. The van der Waals surface area contributed by atoms with Gasteiger partial charge < -0.3 is 10.4 Å². The summed E-state index contributed by atoms with van der Waals surface area (Å²) in [7, 11) is 0. The molecule has 0 amide bonds. The maximum absolute atomic E-state index is 14.1. The number of hydrogen-bond donors (Lipinski definition) is 2. The molecule has 0 saturated carbocycles. The fourth-order valence-electron chi connectivity index (χ4n) is 2.43. The third kappa shape index (κ3) is 3.90. The average molecular weight is 412 g/mol. The molecule has 2 aromatic heterocycles. The number of nitriles is 1. The van der Waals surface area contributed by atoms with E-state index in [0.717, 1.165) is 22.9 Å². The molecular weight excluding hydrogens is 402 g/mol. The fraction of sp³-hybridized carbons (Fsp3) is 0.118. The maximum atomic E-state index is 14.1. The Morgan fingerprint density at radius 1 is 1.25 bits per heavy atom. The lowest BCUT2D eigenvalue weighted by Gasteiger charge is -2.18. The summed E-state index contributed by atoms with van der Waals surface area (Å²) >= 11 is 5.78. The van der Waals surface area contributed by atoms with Crippen molar-refractivity contribution in [2.75, 3.05) is 5.32 Å². The molecule has 144 valence electrons. The van der Waals surface area contributed by atoms with Gasteiger partial charge in [-0.05, 0) is 12.1 Å². The molecule has 1 aromatic carbocycles. The summed E-state index contributed by atoms with van der Waals surface area (Å²) < 4.78 is 54.3. The van der Waals surface area contributed by atoms with Crippen LogP contribution in [0.25, 0.3) is 5.82 Å². The SMILES string of the molecule is N#Cc1cc(F)c(-n2ccc(NC(O)c3ccccc3C(F)(F)F)n2)nc1Cl. The zero-order valence-electron chi connectivity index (χ0n) is 13.7. The second-order valence-electron chi connectivity index (χ2n) is 5.52. The molecule has 0 radical (unpaired) electrons. The molecule has 0 fully saturated rings. The molecule has 0 aliphatic carbocycles. The molecule has 2 N–H and O–H groups in total. The number of hydrogen-bond acceptors (Lipinski definition) is 5. The minimum atomic E-state index is -4.65. The number of benzene rings is 1. The van der Waals surface area contributed by atoms with Gasteiger partial charge >= 0.3 is 6.18 Å². The quantitative estimate of drug-likeness (QED) is 0.384. The van der Waals surface area contributed by atoms with Crippen LogP contribution in [0.3, 0.4) is 0 Å². The Hall–Kier alpha value is -3.16. The van der Waals surface area contributed by atoms with Crippen molar-refractivity contribution in [1.82, 2.24) is 14.8 Å². The number of rotatable bonds is 4. The van der Waals surface area contributed by atoms with E-state index in [0.29, 0.717) is 0 Å². The molecule has 0 spiro atoms. The monoisotopic (exact) mass is 411 g/mol. The third-order valence-corrected chi connectivity index (χ3v) is 3.97. The zero-order chi connectivity index (χ0) is 20.5. The molecule has 0 saturated heterocycles. The number of aromatic nitrogens is 3. The van der Waals surface area contributed by atoms with E-state index in [1.165, 1.54) is 24.4 Å². The lowest BCUT2D eigenvalue weighted by atomic mass is 10.1. The number of aliphatic hydroxyl groups excluding tert-OH is 1. The third-order valence-electron chi connectivity index (χ3n) is 3.68. The first-order valence-electron chi connectivity index (χ1n) is 7.63. The summed E-state index contributed by atoms with van der Waals surface area (Å²) in [4.78, 5) is 3.74. The van der Waals surface area contributed by atoms with Crippen LogP contribution >= 0.6 is 11.6 Å². The van der Waals surface area contributed by atoms with E-state index in [2.05, 4.69) is 15.4 Å². The number of anilines is 1. The predicted octanol–water partition coefficient (Wildman–Crippen LogP) is 4.05. The molecule has 0 aliphatic heterocycles. The Labute approximate surface area is 160 Å². The standard InChI is InChI=1S/C17H10ClF4N5O/c18-14-9(8-23)7-12(19)15(25-14)27-6-5-13(26-27)24-16(28)10-3-1-2-4-11(10)17(20,21)22/h1-7,16,28H,(H,24,26). The summed E-state index contributed by atoms with van der Waals surface area (Å²) in [5.41, 5.74) is -1.55. The summed E-state index contributed by atoms with van der Waals surface area (Å²) in [6, 6.07) is 8.39. The fourth-order valence-corrected chi connectivity index (χ4v) is 2.60. The van der Waals surface area contributed by atoms with E-state index in [9.17, 15) is 22.7 Å². The van der Waals surface area contributed by atoms with Crippen LogP contribution in [0.4, 0.5) is 23.4 Å². The summed E-state index contributed by atoms with van der Waals surface area (Å²) in [5, 5.41) is 25.1. The molecule has 3 rings (SSSR count). The van der Waals surface area contributed by atoms with Crippen LogP contribution in [-0.2, 0) is 6.18 Å². The van der Waals surface area contributed by atoms with E-state index in [1.54, 1.807) is 6.07 Å². The van der Waals surface area contributed by atoms with E-state index < -0.39 is 29.3 Å². The zero-order valence-corrected chi connectivity index (χ0v) is 14.5. The second-order valence-corrected chi connectivity index (χ2v) is 5.88. The highest BCUT2D eigenvalue weighted by Crippen LogP contribution is 2.34. The molecular formula is C17H10ClF4N5O. The van der Waals surface area contributed by atoms with Gasteiger partial charge in [0.05, 0.1) is 11.1 Å². The van der Waals surface area contributed by atoms with Crippen LogP contribution in [0.2, 0.25) is 5.15 Å². The van der Waals surface area contributed by atoms with Crippen molar-refractivity contribution >= 4 is 17.4 Å². The van der Waals surface area contributed by atoms with Crippen molar-refractivity contribution in [3.05, 3.63) is 70.3 Å². The van der Waals surface area contributed by atoms with Gasteiger partial charge in [-0.3, -0.25) is 0 Å². The van der Waals surface area contributed by atoms with Crippen LogP contribution in [0.15, 0.2) is 42.6 Å². The molecule has 6 nitrogen and oxygen atoms in total. The molecule has 0 bridgehead atoms. The highest BCUT2D eigenvalue weighted by atomic mass is 35.5. The molecule has 1 atom stereocenters. The van der Waals surface area contributed by atoms with Crippen LogP contribution in [0.1, 0.15) is 22.9 Å². The normalized spacial score (nSPS) is 12.5. The number of nitrogens with one attached hydrogen (secondary N) is 1. The smallest absolute Gasteiger partial charge is 0.369 e. The van der Waals surface area contributed by atoms with E-state index in [-0.39, 0.29) is 22.4 Å². The highest BCUT2D eigenvalue weighted by Gasteiger charge is 2.34. The van der Waals surface area contributed by atoms with Crippen molar-refractivity contribution in [3.8, 4) is 11.9 Å². The summed E-state index contributed by atoms with van der Waals surface area (Å²) in [5.74, 6) is -1.23. The van der Waals surface area contributed by atoms with Gasteiger partial charge in [0.15, 0.2) is 23.7 Å². The second kappa shape index (κ2) is 7.46. The van der Waals surface area contributed by atoms with Gasteiger partial charge in [0.25, 0.3) is 0 Å². The molecule has 11 heteroatoms. The van der Waals surface area contributed by atoms with Gasteiger partial charge in [0, 0.05) is 17.8 Å². The van der Waals surface area contributed by atoms with Crippen molar-refractivity contribution in [3.63, 3.8) is 0 Å². The average Bonchev–Trinajstić information content (AvgIpc) is 3.10. The summed E-state index contributed by atoms with van der Waals surface area (Å²) in [6.07, 6.45) is -5.10. The lowest BCUT2D eigenvalue weighted by Crippen LogP contribution is -2.17. The molecule has 0 aliphatic rings. The first-order chi connectivity index (χ1) is 13.2.